The molecule has 8 unspecified atom stereocenters. The molecule has 0 radical (unpaired) electrons. The Morgan fingerprint density at radius 2 is 1.71 bits per heavy atom. The maximum atomic E-state index is 14.0. The van der Waals surface area contributed by atoms with Crippen LogP contribution in [0.25, 0.3) is 0 Å². The predicted molar refractivity (Wildman–Crippen MR) is 178 cm³/mol. The number of rotatable bonds is 15. The topological polar surface area (TPSA) is 228 Å². The average molecular weight is 696 g/mol. The Kier molecular flexibility index (Phi) is 13.8. The molecular formula is C33H53N5O11. The molecule has 8 atom stereocenters. The fourth-order valence-corrected chi connectivity index (χ4v) is 5.59. The number of hydrogen-bond donors (Lipinski definition) is 6. The number of carbonyl (C=O) groups is 5. The van der Waals surface area contributed by atoms with Crippen LogP contribution >= 0.6 is 0 Å². The summed E-state index contributed by atoms with van der Waals surface area (Å²) in [5.74, 6) is -5.16. The zero-order valence-electron chi connectivity index (χ0n) is 30.2. The van der Waals surface area contributed by atoms with E-state index in [4.69, 9.17) is 9.47 Å². The third-order valence-corrected chi connectivity index (χ3v) is 9.02. The van der Waals surface area contributed by atoms with Gasteiger partial charge in [-0.1, -0.05) is 13.8 Å². The molecule has 0 aromatic heterocycles. The molecule has 6 N–H and O–H groups in total. The predicted octanol–water partition coefficient (Wildman–Crippen LogP) is 1.05. The third-order valence-electron chi connectivity index (χ3n) is 9.02. The first-order valence-electron chi connectivity index (χ1n) is 16.2. The first-order chi connectivity index (χ1) is 22.6. The lowest BCUT2D eigenvalue weighted by Gasteiger charge is -2.39. The number of hydrogen-bond acceptors (Lipinski definition) is 14. The van der Waals surface area contributed by atoms with Crippen molar-refractivity contribution in [1.29, 1.82) is 0 Å². The molecule has 1 fully saturated rings. The summed E-state index contributed by atoms with van der Waals surface area (Å²) in [4.78, 5) is 73.4. The average Bonchev–Trinajstić information content (AvgIpc) is 3.49. The van der Waals surface area contributed by atoms with E-state index in [-0.39, 0.29) is 12.5 Å². The fraction of sp³-hybridized carbons (Fsp3) is 0.697. The summed E-state index contributed by atoms with van der Waals surface area (Å²) in [7, 11) is 5.12. The molecule has 2 rings (SSSR count). The van der Waals surface area contributed by atoms with Crippen LogP contribution in [0.15, 0.2) is 28.3 Å². The molecule has 0 aromatic rings. The van der Waals surface area contributed by atoms with E-state index < -0.39 is 107 Å². The largest absolute Gasteiger partial charge is 0.512 e. The summed E-state index contributed by atoms with van der Waals surface area (Å²) >= 11 is 0. The summed E-state index contributed by atoms with van der Waals surface area (Å²) < 4.78 is 11.4. The number of aliphatic hydroxyl groups excluding tert-OH is 4. The van der Waals surface area contributed by atoms with Crippen LogP contribution in [0.4, 0.5) is 0 Å². The molecule has 2 aliphatic heterocycles. The minimum Gasteiger partial charge on any atom is -0.512 e. The number of nitrogens with one attached hydrogen (secondary N) is 2. The Labute approximate surface area is 287 Å². The summed E-state index contributed by atoms with van der Waals surface area (Å²) in [6.45, 7) is 12.2. The highest BCUT2D eigenvalue weighted by molar-refractivity contribution is 6.26. The molecule has 49 heavy (non-hydrogen) atoms. The molecule has 2 aliphatic rings. The number of amides is 2. The fourth-order valence-electron chi connectivity index (χ4n) is 5.59. The molecule has 0 saturated carbocycles. The van der Waals surface area contributed by atoms with Gasteiger partial charge in [-0.25, -0.2) is 0 Å². The second-order valence-electron chi connectivity index (χ2n) is 13.9. The smallest absolute Gasteiger partial charge is 0.316 e. The van der Waals surface area contributed by atoms with Gasteiger partial charge in [-0.2, -0.15) is 0 Å². The van der Waals surface area contributed by atoms with Crippen LogP contribution in [0, 0.1) is 11.3 Å². The number of amidine groups is 1. The van der Waals surface area contributed by atoms with E-state index in [0.717, 1.165) is 11.8 Å². The lowest BCUT2D eigenvalue weighted by Crippen LogP contribution is -2.58. The van der Waals surface area contributed by atoms with Crippen molar-refractivity contribution in [1.82, 2.24) is 20.4 Å². The Morgan fingerprint density at radius 1 is 1.12 bits per heavy atom. The van der Waals surface area contributed by atoms with Gasteiger partial charge in [0.25, 0.3) is 5.91 Å². The second-order valence-corrected chi connectivity index (χ2v) is 13.9. The number of ether oxygens (including phenoxy) is 2. The van der Waals surface area contributed by atoms with Crippen LogP contribution in [0.3, 0.4) is 0 Å². The van der Waals surface area contributed by atoms with E-state index in [2.05, 4.69) is 15.6 Å². The summed E-state index contributed by atoms with van der Waals surface area (Å²) in [5, 5.41) is 47.0. The van der Waals surface area contributed by atoms with Crippen molar-refractivity contribution >= 4 is 35.4 Å². The molecular weight excluding hydrogens is 642 g/mol. The van der Waals surface area contributed by atoms with Crippen LogP contribution in [0.1, 0.15) is 68.2 Å². The molecule has 0 aromatic carbocycles. The number of aliphatic hydroxyl groups is 4. The summed E-state index contributed by atoms with van der Waals surface area (Å²) in [6.07, 6.45) is -4.76. The quantitative estimate of drug-likeness (QED) is 0.0610. The lowest BCUT2D eigenvalue weighted by atomic mass is 9.80. The Morgan fingerprint density at radius 3 is 2.18 bits per heavy atom. The first-order valence-corrected chi connectivity index (χ1v) is 16.2. The van der Waals surface area contributed by atoms with E-state index in [1.807, 2.05) is 25.9 Å². The number of Topliss-reactive ketones (excluding diaryl/α,β-unsaturated/α-hetero) is 1. The molecule has 276 valence electrons. The molecule has 16 heteroatoms. The van der Waals surface area contributed by atoms with E-state index in [0.29, 0.717) is 12.1 Å². The summed E-state index contributed by atoms with van der Waals surface area (Å²) in [5.41, 5.74) is -2.29. The molecule has 16 nitrogen and oxygen atoms in total. The maximum absolute atomic E-state index is 14.0. The highest BCUT2D eigenvalue weighted by Gasteiger charge is 2.49. The van der Waals surface area contributed by atoms with Crippen LogP contribution in [-0.4, -0.2) is 135 Å². The van der Waals surface area contributed by atoms with Gasteiger partial charge in [-0.15, -0.1) is 0 Å². The van der Waals surface area contributed by atoms with Gasteiger partial charge < -0.3 is 45.4 Å². The minimum absolute atomic E-state index is 0.146. The van der Waals surface area contributed by atoms with E-state index in [9.17, 15) is 44.4 Å². The van der Waals surface area contributed by atoms with Gasteiger partial charge in [0, 0.05) is 20.4 Å². The highest BCUT2D eigenvalue weighted by Crippen LogP contribution is 2.34. The van der Waals surface area contributed by atoms with Crippen LogP contribution < -0.4 is 10.6 Å². The summed E-state index contributed by atoms with van der Waals surface area (Å²) in [6, 6.07) is -3.65. The van der Waals surface area contributed by atoms with E-state index >= 15 is 0 Å². The number of aliphatic imine (C=N–C) groups is 1. The van der Waals surface area contributed by atoms with Crippen molar-refractivity contribution in [2.24, 2.45) is 16.3 Å². The van der Waals surface area contributed by atoms with Gasteiger partial charge in [0.2, 0.25) is 5.91 Å². The second kappa shape index (κ2) is 16.5. The standard InChI is InChI=1S/C33H53N5O11/c1-15(2)27(26(44)23-25(43)17(4)38(11)31(23)46)49-32(47)33(7,8)28(48-19(6)40)22(13-20(41)12-21(42)14-39)35-30(45)24-16(3)34-29(36-24)18(5)37(9)10/h14-18,20,22,24,27-28,39,41-42,44H,12-13H2,1-11H3,(H,34,36)(H,35,45)/b21-14-,26-23+. The van der Waals surface area contributed by atoms with Crippen molar-refractivity contribution in [2.45, 2.75) is 117 Å². The number of likely N-dealkylation sites (N-methyl/N-ethyl adjacent to an activating group) is 2. The van der Waals surface area contributed by atoms with Gasteiger partial charge in [0.05, 0.1) is 30.3 Å². The van der Waals surface area contributed by atoms with Crippen molar-refractivity contribution in [3.63, 3.8) is 0 Å². The molecule has 1 saturated heterocycles. The van der Waals surface area contributed by atoms with E-state index in [1.165, 1.54) is 27.8 Å². The zero-order valence-corrected chi connectivity index (χ0v) is 30.2. The highest BCUT2D eigenvalue weighted by atomic mass is 16.6. The Bertz CT molecular complexity index is 1350. The Balaban J connectivity index is 2.56. The minimum atomic E-state index is -1.79. The van der Waals surface area contributed by atoms with Crippen molar-refractivity contribution in [3.8, 4) is 0 Å². The number of nitrogens with zero attached hydrogens (tertiary/aromatic N) is 3. The third kappa shape index (κ3) is 9.50. The number of carbonyl (C=O) groups excluding carboxylic acids is 5. The molecule has 0 aliphatic carbocycles. The number of esters is 2. The molecule has 2 amide bonds. The van der Waals surface area contributed by atoms with Gasteiger partial charge in [0.15, 0.2) is 17.9 Å². The number of ketones is 1. The van der Waals surface area contributed by atoms with E-state index in [1.54, 1.807) is 20.8 Å². The number of likely N-dealkylation sites (tertiary alicyclic amines) is 1. The molecule has 0 spiro atoms. The van der Waals surface area contributed by atoms with Crippen LogP contribution in [-0.2, 0) is 33.4 Å². The van der Waals surface area contributed by atoms with Gasteiger partial charge in [-0.05, 0) is 61.1 Å². The first kappa shape index (κ1) is 41.0. The van der Waals surface area contributed by atoms with Crippen molar-refractivity contribution < 1.29 is 53.9 Å². The molecule has 2 heterocycles. The van der Waals surface area contributed by atoms with Gasteiger partial charge >= 0.3 is 11.9 Å². The van der Waals surface area contributed by atoms with Crippen molar-refractivity contribution in [2.75, 3.05) is 21.1 Å². The van der Waals surface area contributed by atoms with Crippen LogP contribution in [0.5, 0.6) is 0 Å². The monoisotopic (exact) mass is 695 g/mol. The zero-order chi connectivity index (χ0) is 37.7. The van der Waals surface area contributed by atoms with Crippen LogP contribution in [0.2, 0.25) is 0 Å². The maximum Gasteiger partial charge on any atom is 0.316 e. The van der Waals surface area contributed by atoms with Gasteiger partial charge in [0.1, 0.15) is 40.7 Å². The Hall–Kier alpha value is -4.18. The lowest BCUT2D eigenvalue weighted by molar-refractivity contribution is -0.178. The normalized spacial score (nSPS) is 24.2. The van der Waals surface area contributed by atoms with Gasteiger partial charge in [-0.3, -0.25) is 33.9 Å². The van der Waals surface area contributed by atoms with Crippen molar-refractivity contribution in [3.05, 3.63) is 23.4 Å². The SMILES string of the molecule is CC(=O)OC(C(CC(O)C/C(O)=C/O)NC(=O)C1N=C(C(C)N(C)C)NC1C)C(C)(C)C(=O)OC(/C(O)=C1/C(=O)C(C)N(C)C1=O)C(C)C. The molecule has 0 bridgehead atoms.